The molecule has 6 heteroatoms. The van der Waals surface area contributed by atoms with Gasteiger partial charge in [0, 0.05) is 46.9 Å². The lowest BCUT2D eigenvalue weighted by Gasteiger charge is -2.56. The molecule has 3 aliphatic carbocycles. The molecule has 3 aromatic rings. The van der Waals surface area contributed by atoms with Crippen molar-refractivity contribution in [3.63, 3.8) is 0 Å². The smallest absolute Gasteiger partial charge is 0.328 e. The number of aryl methyl sites for hydroxylation is 1. The first-order chi connectivity index (χ1) is 16.3. The zero-order chi connectivity index (χ0) is 23.8. The van der Waals surface area contributed by atoms with Crippen molar-refractivity contribution in [2.75, 3.05) is 0 Å². The zero-order valence-electron chi connectivity index (χ0n) is 19.4. The van der Waals surface area contributed by atoms with Gasteiger partial charge in [0.2, 0.25) is 0 Å². The van der Waals surface area contributed by atoms with Crippen LogP contribution in [0.3, 0.4) is 0 Å². The highest BCUT2D eigenvalue weighted by Crippen LogP contribution is 2.60. The minimum atomic E-state index is -1.16. The Morgan fingerprint density at radius 3 is 2.53 bits per heavy atom. The van der Waals surface area contributed by atoms with E-state index in [9.17, 15) is 4.79 Å². The number of fused-ring (bicyclic) bond motifs is 4. The molecule has 3 fully saturated rings. The topological polar surface area (TPSA) is 45.5 Å². The van der Waals surface area contributed by atoms with Crippen LogP contribution in [0.25, 0.3) is 17.0 Å². The summed E-state index contributed by atoms with van der Waals surface area (Å²) >= 11 is 0. The summed E-state index contributed by atoms with van der Waals surface area (Å²) in [5.74, 6) is -1.69. The van der Waals surface area contributed by atoms with Gasteiger partial charge in [0.25, 0.3) is 0 Å². The standard InChI is InChI=1S/C28H28F2N2O2/c1-16-11-20-19-5-3-4-6-23(19)31(2)26(20)27(32(16)28-10-9-18(14-28)15-28)25-21(29)12-17(13-22(25)30)7-8-24(33)34/h3-8,12-13,16,18,27H,9-11,14-15H2,1-2H3,(H,33,34)/b8-7+/t16-,18?,27-,28?/m1/s1. The van der Waals surface area contributed by atoms with Crippen LogP contribution >= 0.6 is 0 Å². The SMILES string of the molecule is C[C@@H]1Cc2c(n(C)c3ccccc23)[C@@H](c2c(F)cc(/C=C/C(=O)O)cc2F)N1C12CCC(C1)C2. The van der Waals surface area contributed by atoms with E-state index in [4.69, 9.17) is 5.11 Å². The molecule has 2 bridgehead atoms. The van der Waals surface area contributed by atoms with Gasteiger partial charge in [0.05, 0.1) is 6.04 Å². The van der Waals surface area contributed by atoms with Gasteiger partial charge in [-0.15, -0.1) is 0 Å². The highest BCUT2D eigenvalue weighted by molar-refractivity contribution is 5.87. The van der Waals surface area contributed by atoms with E-state index in [0.717, 1.165) is 54.3 Å². The number of nitrogens with zero attached hydrogens (tertiary/aromatic N) is 2. The minimum absolute atomic E-state index is 0.0103. The van der Waals surface area contributed by atoms with Crippen LogP contribution in [0.15, 0.2) is 42.5 Å². The van der Waals surface area contributed by atoms with Gasteiger partial charge in [0.1, 0.15) is 11.6 Å². The molecule has 2 aromatic carbocycles. The molecular formula is C28H28F2N2O2. The average molecular weight is 463 g/mol. The molecule has 1 aromatic heterocycles. The lowest BCUT2D eigenvalue weighted by molar-refractivity contribution is -0.131. The van der Waals surface area contributed by atoms with Gasteiger partial charge in [-0.25, -0.2) is 13.6 Å². The molecule has 0 radical (unpaired) electrons. The maximum absolute atomic E-state index is 15.8. The first-order valence-corrected chi connectivity index (χ1v) is 12.0. The van der Waals surface area contributed by atoms with Crippen molar-refractivity contribution in [3.8, 4) is 0 Å². The third kappa shape index (κ3) is 3.01. The Morgan fingerprint density at radius 2 is 1.88 bits per heavy atom. The van der Waals surface area contributed by atoms with Gasteiger partial charge < -0.3 is 9.67 Å². The number of aliphatic carboxylic acids is 1. The quantitative estimate of drug-likeness (QED) is 0.496. The maximum atomic E-state index is 15.8. The zero-order valence-corrected chi connectivity index (χ0v) is 19.4. The van der Waals surface area contributed by atoms with Gasteiger partial charge in [-0.05, 0) is 80.3 Å². The normalized spacial score (nSPS) is 28.4. The third-order valence-corrected chi connectivity index (χ3v) is 8.47. The van der Waals surface area contributed by atoms with E-state index in [1.54, 1.807) is 0 Å². The largest absolute Gasteiger partial charge is 0.478 e. The monoisotopic (exact) mass is 462 g/mol. The number of para-hydroxylation sites is 1. The summed E-state index contributed by atoms with van der Waals surface area (Å²) in [5.41, 5.74) is 3.47. The highest BCUT2D eigenvalue weighted by Gasteiger charge is 2.58. The molecule has 4 aliphatic rings. The Hall–Kier alpha value is -2.99. The molecule has 1 aliphatic heterocycles. The number of carboxylic acid groups (broad SMARTS) is 1. The van der Waals surface area contributed by atoms with Gasteiger partial charge in [-0.2, -0.15) is 0 Å². The lowest BCUT2D eigenvalue weighted by atomic mass is 9.72. The van der Waals surface area contributed by atoms with Crippen LogP contribution in [0.1, 0.15) is 61.0 Å². The van der Waals surface area contributed by atoms with E-state index in [0.29, 0.717) is 0 Å². The van der Waals surface area contributed by atoms with Crippen LogP contribution < -0.4 is 0 Å². The number of halogens is 2. The Balaban J connectivity index is 1.58. The van der Waals surface area contributed by atoms with Gasteiger partial charge >= 0.3 is 5.97 Å². The summed E-state index contributed by atoms with van der Waals surface area (Å²) in [6.07, 6.45) is 7.42. The Labute approximate surface area is 197 Å². The van der Waals surface area contributed by atoms with Crippen molar-refractivity contribution in [3.05, 3.63) is 76.5 Å². The summed E-state index contributed by atoms with van der Waals surface area (Å²) in [7, 11) is 2.00. The van der Waals surface area contributed by atoms with E-state index in [2.05, 4.69) is 28.5 Å². The van der Waals surface area contributed by atoms with E-state index in [1.165, 1.54) is 30.2 Å². The molecule has 0 amide bonds. The molecule has 1 N–H and O–H groups in total. The van der Waals surface area contributed by atoms with Crippen LogP contribution in [0, 0.1) is 17.6 Å². The number of aromatic nitrogens is 1. The predicted molar refractivity (Wildman–Crippen MR) is 127 cm³/mol. The van der Waals surface area contributed by atoms with Gasteiger partial charge in [-0.3, -0.25) is 4.90 Å². The average Bonchev–Trinajstić information content (AvgIpc) is 3.45. The molecule has 0 spiro atoms. The number of carboxylic acids is 1. The molecule has 0 saturated heterocycles. The molecule has 34 heavy (non-hydrogen) atoms. The fourth-order valence-electron chi connectivity index (χ4n) is 7.22. The summed E-state index contributed by atoms with van der Waals surface area (Å²) in [4.78, 5) is 13.3. The first kappa shape index (κ1) is 21.5. The molecule has 2 atom stereocenters. The summed E-state index contributed by atoms with van der Waals surface area (Å²) < 4.78 is 33.7. The van der Waals surface area contributed by atoms with Gasteiger partial charge in [-0.1, -0.05) is 18.2 Å². The van der Waals surface area contributed by atoms with Crippen molar-refractivity contribution >= 4 is 22.9 Å². The predicted octanol–water partition coefficient (Wildman–Crippen LogP) is 5.83. The fraction of sp³-hybridized carbons (Fsp3) is 0.393. The second-order valence-electron chi connectivity index (χ2n) is 10.4. The van der Waals surface area contributed by atoms with Crippen LogP contribution in [0.2, 0.25) is 0 Å². The van der Waals surface area contributed by atoms with E-state index < -0.39 is 23.6 Å². The van der Waals surface area contributed by atoms with Crippen LogP contribution in [0.5, 0.6) is 0 Å². The Morgan fingerprint density at radius 1 is 1.18 bits per heavy atom. The molecule has 2 heterocycles. The Kier molecular flexibility index (Phi) is 4.75. The van der Waals surface area contributed by atoms with E-state index >= 15 is 8.78 Å². The number of rotatable bonds is 4. The van der Waals surface area contributed by atoms with Crippen molar-refractivity contribution in [2.24, 2.45) is 13.0 Å². The number of carbonyl (C=O) groups is 1. The van der Waals surface area contributed by atoms with Crippen molar-refractivity contribution in [1.82, 2.24) is 9.47 Å². The molecule has 0 unspecified atom stereocenters. The van der Waals surface area contributed by atoms with Crippen LogP contribution in [0.4, 0.5) is 8.78 Å². The van der Waals surface area contributed by atoms with E-state index in [-0.39, 0.29) is 22.7 Å². The molecule has 4 nitrogen and oxygen atoms in total. The number of hydrogen-bond donors (Lipinski definition) is 1. The fourth-order valence-corrected chi connectivity index (χ4v) is 7.22. The lowest BCUT2D eigenvalue weighted by Crippen LogP contribution is -2.59. The number of benzene rings is 2. The molecule has 3 saturated carbocycles. The second-order valence-corrected chi connectivity index (χ2v) is 10.4. The highest BCUT2D eigenvalue weighted by atomic mass is 19.1. The maximum Gasteiger partial charge on any atom is 0.328 e. The van der Waals surface area contributed by atoms with E-state index in [1.807, 2.05) is 19.2 Å². The summed E-state index contributed by atoms with van der Waals surface area (Å²) in [5, 5.41) is 10.1. The van der Waals surface area contributed by atoms with Crippen molar-refractivity contribution < 1.29 is 18.7 Å². The molecule has 176 valence electrons. The third-order valence-electron chi connectivity index (χ3n) is 8.47. The summed E-state index contributed by atoms with van der Waals surface area (Å²) in [6.45, 7) is 2.19. The van der Waals surface area contributed by atoms with Crippen molar-refractivity contribution in [1.29, 1.82) is 0 Å². The second kappa shape index (κ2) is 7.51. The minimum Gasteiger partial charge on any atom is -0.478 e. The van der Waals surface area contributed by atoms with Crippen LogP contribution in [-0.2, 0) is 18.3 Å². The van der Waals surface area contributed by atoms with Crippen LogP contribution in [-0.4, -0.2) is 32.1 Å². The molecular weight excluding hydrogens is 434 g/mol. The summed E-state index contributed by atoms with van der Waals surface area (Å²) in [6, 6.07) is 10.3. The van der Waals surface area contributed by atoms with Gasteiger partial charge in [0.15, 0.2) is 0 Å². The Bertz CT molecular complexity index is 1320. The first-order valence-electron chi connectivity index (χ1n) is 12.0. The molecule has 7 rings (SSSR count). The number of hydrogen-bond acceptors (Lipinski definition) is 2. The van der Waals surface area contributed by atoms with Crippen molar-refractivity contribution in [2.45, 2.75) is 56.7 Å².